The largest absolute Gasteiger partial charge is 0.346 e. The summed E-state index contributed by atoms with van der Waals surface area (Å²) < 4.78 is 17.2. The molecule has 0 unspecified atom stereocenters. The fourth-order valence-corrected chi connectivity index (χ4v) is 1.91. The first-order valence-electron chi connectivity index (χ1n) is 5.73. The van der Waals surface area contributed by atoms with Crippen molar-refractivity contribution in [3.05, 3.63) is 46.2 Å². The smallest absolute Gasteiger partial charge is 0.273 e. The van der Waals surface area contributed by atoms with Crippen LogP contribution in [0, 0.1) is 17.7 Å². The minimum absolute atomic E-state index is 0.0559. The highest BCUT2D eigenvalue weighted by molar-refractivity contribution is 7.03. The molecule has 0 aliphatic heterocycles. The topological polar surface area (TPSA) is 80.9 Å². The monoisotopic (exact) mass is 290 g/mol. The Kier molecular flexibility index (Phi) is 4.76. The predicted octanol–water partition coefficient (Wildman–Crippen LogP) is 0.917. The zero-order chi connectivity index (χ0) is 14.4. The van der Waals surface area contributed by atoms with Crippen LogP contribution in [0.3, 0.4) is 0 Å². The Bertz CT molecular complexity index is 661. The van der Waals surface area contributed by atoms with Gasteiger partial charge in [0.15, 0.2) is 5.69 Å². The van der Waals surface area contributed by atoms with Crippen LogP contribution in [0.1, 0.15) is 21.6 Å². The molecule has 0 aliphatic carbocycles. The van der Waals surface area contributed by atoms with Gasteiger partial charge in [0, 0.05) is 23.1 Å². The summed E-state index contributed by atoms with van der Waals surface area (Å²) in [5.41, 5.74) is 6.50. The molecule has 0 radical (unpaired) electrons. The van der Waals surface area contributed by atoms with Gasteiger partial charge in [-0.15, -0.1) is 5.10 Å². The molecule has 1 aromatic heterocycles. The molecular formula is C13H11FN4OS. The first-order chi connectivity index (χ1) is 9.70. The molecule has 5 nitrogen and oxygen atoms in total. The Balaban J connectivity index is 2.07. The van der Waals surface area contributed by atoms with Gasteiger partial charge in [0.1, 0.15) is 5.82 Å². The molecule has 0 bridgehead atoms. The highest BCUT2D eigenvalue weighted by atomic mass is 32.1. The number of rotatable bonds is 3. The fraction of sp³-hybridized carbons (Fsp3) is 0.154. The molecule has 2 aromatic rings. The second kappa shape index (κ2) is 6.75. The minimum Gasteiger partial charge on any atom is -0.346 e. The lowest BCUT2D eigenvalue weighted by atomic mass is 10.1. The van der Waals surface area contributed by atoms with E-state index in [0.717, 1.165) is 11.5 Å². The third kappa shape index (κ3) is 3.60. The van der Waals surface area contributed by atoms with Gasteiger partial charge in [-0.25, -0.2) is 4.39 Å². The number of carbonyl (C=O) groups excluding carboxylic acids is 1. The number of hydrogen-bond acceptors (Lipinski definition) is 5. The van der Waals surface area contributed by atoms with Gasteiger partial charge in [-0.2, -0.15) is 0 Å². The average molecular weight is 290 g/mol. The molecule has 1 heterocycles. The van der Waals surface area contributed by atoms with Gasteiger partial charge in [0.05, 0.1) is 6.54 Å². The summed E-state index contributed by atoms with van der Waals surface area (Å²) >= 11 is 1.08. The molecule has 0 saturated carbocycles. The fourth-order valence-electron chi connectivity index (χ4n) is 1.47. The van der Waals surface area contributed by atoms with Crippen molar-refractivity contribution in [2.24, 2.45) is 5.73 Å². The van der Waals surface area contributed by atoms with E-state index >= 15 is 0 Å². The number of nitrogens with two attached hydrogens (primary N) is 1. The molecule has 0 saturated heterocycles. The maximum absolute atomic E-state index is 13.6. The van der Waals surface area contributed by atoms with Crippen molar-refractivity contribution in [2.75, 3.05) is 6.54 Å². The van der Waals surface area contributed by atoms with E-state index in [2.05, 4.69) is 26.7 Å². The predicted molar refractivity (Wildman–Crippen MR) is 73.4 cm³/mol. The number of aromatic nitrogens is 2. The van der Waals surface area contributed by atoms with Gasteiger partial charge < -0.3 is 11.1 Å². The summed E-state index contributed by atoms with van der Waals surface area (Å²) in [6.45, 7) is 0.292. The van der Waals surface area contributed by atoms with Crippen LogP contribution < -0.4 is 11.1 Å². The van der Waals surface area contributed by atoms with E-state index in [1.165, 1.54) is 11.4 Å². The van der Waals surface area contributed by atoms with E-state index in [1.807, 2.05) is 0 Å². The summed E-state index contributed by atoms with van der Waals surface area (Å²) in [7, 11) is 0. The Hall–Kier alpha value is -2.30. The molecule has 20 heavy (non-hydrogen) atoms. The number of benzene rings is 1. The second-order valence-electron chi connectivity index (χ2n) is 3.78. The normalized spacial score (nSPS) is 9.70. The summed E-state index contributed by atoms with van der Waals surface area (Å²) in [6.07, 6.45) is 0. The van der Waals surface area contributed by atoms with E-state index in [9.17, 15) is 9.18 Å². The van der Waals surface area contributed by atoms with Crippen molar-refractivity contribution in [3.8, 4) is 11.8 Å². The highest BCUT2D eigenvalue weighted by Crippen LogP contribution is 2.10. The molecule has 0 aliphatic rings. The van der Waals surface area contributed by atoms with Crippen LogP contribution in [0.4, 0.5) is 4.39 Å². The van der Waals surface area contributed by atoms with Crippen molar-refractivity contribution in [3.63, 3.8) is 0 Å². The van der Waals surface area contributed by atoms with Crippen molar-refractivity contribution in [1.29, 1.82) is 0 Å². The maximum atomic E-state index is 13.6. The lowest BCUT2D eigenvalue weighted by Crippen LogP contribution is -2.23. The van der Waals surface area contributed by atoms with Gasteiger partial charge in [-0.05, 0) is 29.7 Å². The van der Waals surface area contributed by atoms with Crippen molar-refractivity contribution in [1.82, 2.24) is 14.9 Å². The standard InChI is InChI=1S/C13H11FN4OS/c14-11-4-3-9(2-1-5-15)6-10(11)7-16-13(19)12-8-20-18-17-12/h3-4,6,8H,5,7,15H2,(H,16,19). The molecule has 0 fully saturated rings. The first-order valence-corrected chi connectivity index (χ1v) is 6.57. The molecule has 1 amide bonds. The number of nitrogens with one attached hydrogen (secondary N) is 1. The molecule has 102 valence electrons. The molecule has 0 atom stereocenters. The quantitative estimate of drug-likeness (QED) is 0.824. The molecule has 0 spiro atoms. The number of amides is 1. The highest BCUT2D eigenvalue weighted by Gasteiger charge is 2.10. The molecule has 2 rings (SSSR count). The lowest BCUT2D eigenvalue weighted by Gasteiger charge is -2.05. The van der Waals surface area contributed by atoms with Crippen LogP contribution in [-0.4, -0.2) is 22.0 Å². The summed E-state index contributed by atoms with van der Waals surface area (Å²) in [5, 5.41) is 7.74. The van der Waals surface area contributed by atoms with Crippen molar-refractivity contribution >= 4 is 17.4 Å². The van der Waals surface area contributed by atoms with Crippen molar-refractivity contribution < 1.29 is 9.18 Å². The van der Waals surface area contributed by atoms with Crippen LogP contribution in [0.2, 0.25) is 0 Å². The zero-order valence-electron chi connectivity index (χ0n) is 10.4. The van der Waals surface area contributed by atoms with Gasteiger partial charge in [-0.3, -0.25) is 4.79 Å². The molecule has 7 heteroatoms. The van der Waals surface area contributed by atoms with Crippen LogP contribution in [0.5, 0.6) is 0 Å². The van der Waals surface area contributed by atoms with E-state index < -0.39 is 11.7 Å². The van der Waals surface area contributed by atoms with Crippen LogP contribution in [-0.2, 0) is 6.54 Å². The number of halogens is 1. The van der Waals surface area contributed by atoms with E-state index in [4.69, 9.17) is 5.73 Å². The average Bonchev–Trinajstić information content (AvgIpc) is 2.99. The Labute approximate surface area is 119 Å². The number of carbonyl (C=O) groups is 1. The third-order valence-electron chi connectivity index (χ3n) is 2.41. The summed E-state index contributed by atoms with van der Waals surface area (Å²) in [4.78, 5) is 11.7. The minimum atomic E-state index is -0.403. The third-order valence-corrected chi connectivity index (χ3v) is 2.92. The lowest BCUT2D eigenvalue weighted by molar-refractivity contribution is 0.0945. The van der Waals surface area contributed by atoms with Crippen LogP contribution >= 0.6 is 11.5 Å². The van der Waals surface area contributed by atoms with Gasteiger partial charge in [0.2, 0.25) is 0 Å². The summed E-state index contributed by atoms with van der Waals surface area (Å²) in [5.74, 6) is 4.71. The van der Waals surface area contributed by atoms with Gasteiger partial charge in [-0.1, -0.05) is 16.3 Å². The molecule has 1 aromatic carbocycles. The van der Waals surface area contributed by atoms with Crippen LogP contribution in [0.25, 0.3) is 0 Å². The van der Waals surface area contributed by atoms with Gasteiger partial charge in [0.25, 0.3) is 5.91 Å². The van der Waals surface area contributed by atoms with Crippen molar-refractivity contribution in [2.45, 2.75) is 6.54 Å². The molecule has 3 N–H and O–H groups in total. The number of nitrogens with zero attached hydrogens (tertiary/aromatic N) is 2. The van der Waals surface area contributed by atoms with E-state index in [-0.39, 0.29) is 18.8 Å². The Morgan fingerprint density at radius 3 is 3.05 bits per heavy atom. The SMILES string of the molecule is NCC#Cc1ccc(F)c(CNC(=O)c2csnn2)c1. The Morgan fingerprint density at radius 2 is 2.35 bits per heavy atom. The van der Waals surface area contributed by atoms with E-state index in [0.29, 0.717) is 11.1 Å². The maximum Gasteiger partial charge on any atom is 0.273 e. The van der Waals surface area contributed by atoms with E-state index in [1.54, 1.807) is 12.1 Å². The zero-order valence-corrected chi connectivity index (χ0v) is 11.2. The van der Waals surface area contributed by atoms with Gasteiger partial charge >= 0.3 is 0 Å². The number of hydrogen-bond donors (Lipinski definition) is 2. The Morgan fingerprint density at radius 1 is 1.50 bits per heavy atom. The summed E-state index contributed by atoms with van der Waals surface area (Å²) in [6, 6.07) is 4.46. The van der Waals surface area contributed by atoms with Crippen LogP contribution in [0.15, 0.2) is 23.6 Å². The first kappa shape index (κ1) is 14.1. The molecular weight excluding hydrogens is 279 g/mol. The second-order valence-corrected chi connectivity index (χ2v) is 4.39.